The molecule has 3 aromatic rings. The third-order valence-electron chi connectivity index (χ3n) is 5.85. The minimum absolute atomic E-state index is 0.329. The van der Waals surface area contributed by atoms with E-state index >= 15 is 0 Å². The maximum atomic E-state index is 6.60. The summed E-state index contributed by atoms with van der Waals surface area (Å²) in [7, 11) is 0. The fourth-order valence-corrected chi connectivity index (χ4v) is 4.82. The smallest absolute Gasteiger partial charge is 0.161 e. The number of anilines is 2. The van der Waals surface area contributed by atoms with Gasteiger partial charge in [-0.2, -0.15) is 0 Å². The lowest BCUT2D eigenvalue weighted by molar-refractivity contribution is 0.269. The minimum Gasteiger partial charge on any atom is -0.490 e. The molecule has 0 bridgehead atoms. The van der Waals surface area contributed by atoms with Crippen molar-refractivity contribution < 1.29 is 9.47 Å². The summed E-state index contributed by atoms with van der Waals surface area (Å²) in [6.45, 7) is 5.62. The van der Waals surface area contributed by atoms with E-state index < -0.39 is 0 Å². The van der Waals surface area contributed by atoms with Crippen molar-refractivity contribution in [2.75, 3.05) is 29.9 Å². The standard InChI is InChI=1S/C27H29Cl3N2O2/c1-2-33-27-14-19(6-11-26(27)34-18-20-7-8-21(28)15-23(20)29)17-31-22-9-10-25(24(30)16-22)32-12-4-3-5-13-32/h6-11,14-16,31H,2-5,12-13,17-18H2,1H3. The molecule has 0 radical (unpaired) electrons. The SMILES string of the molecule is CCOc1cc(CNc2ccc(N3CCCCC3)c(Cl)c2)ccc1OCc1ccc(Cl)cc1Cl. The Bertz CT molecular complexity index is 1120. The molecule has 0 spiro atoms. The molecular formula is C27H29Cl3N2O2. The molecule has 1 fully saturated rings. The van der Waals surface area contributed by atoms with Gasteiger partial charge < -0.3 is 19.7 Å². The van der Waals surface area contributed by atoms with Gasteiger partial charge in [-0.3, -0.25) is 0 Å². The summed E-state index contributed by atoms with van der Waals surface area (Å²) >= 11 is 18.9. The van der Waals surface area contributed by atoms with Crippen LogP contribution in [0.25, 0.3) is 0 Å². The number of nitrogens with zero attached hydrogens (tertiary/aromatic N) is 1. The van der Waals surface area contributed by atoms with Gasteiger partial charge in [0.2, 0.25) is 0 Å². The van der Waals surface area contributed by atoms with E-state index in [9.17, 15) is 0 Å². The predicted molar refractivity (Wildman–Crippen MR) is 143 cm³/mol. The third-order valence-corrected chi connectivity index (χ3v) is 6.74. The number of benzene rings is 3. The maximum Gasteiger partial charge on any atom is 0.161 e. The van der Waals surface area contributed by atoms with E-state index in [-0.39, 0.29) is 0 Å². The summed E-state index contributed by atoms with van der Waals surface area (Å²) in [5.41, 5.74) is 4.05. The highest BCUT2D eigenvalue weighted by Crippen LogP contribution is 2.33. The molecule has 3 aromatic carbocycles. The second-order valence-corrected chi connectivity index (χ2v) is 9.56. The molecule has 7 heteroatoms. The van der Waals surface area contributed by atoms with Crippen LogP contribution in [0.1, 0.15) is 37.3 Å². The van der Waals surface area contributed by atoms with Crippen molar-refractivity contribution in [3.05, 3.63) is 80.8 Å². The van der Waals surface area contributed by atoms with Crippen LogP contribution in [0.15, 0.2) is 54.6 Å². The number of halogens is 3. The highest BCUT2D eigenvalue weighted by molar-refractivity contribution is 6.35. The summed E-state index contributed by atoms with van der Waals surface area (Å²) < 4.78 is 11.8. The van der Waals surface area contributed by atoms with Crippen LogP contribution in [0.5, 0.6) is 11.5 Å². The van der Waals surface area contributed by atoms with Crippen LogP contribution in [-0.2, 0) is 13.2 Å². The lowest BCUT2D eigenvalue weighted by atomic mass is 10.1. The van der Waals surface area contributed by atoms with E-state index in [4.69, 9.17) is 44.3 Å². The van der Waals surface area contributed by atoms with Gasteiger partial charge in [-0.15, -0.1) is 0 Å². The molecule has 0 aromatic heterocycles. The quantitative estimate of drug-likeness (QED) is 0.309. The van der Waals surface area contributed by atoms with Crippen molar-refractivity contribution in [3.63, 3.8) is 0 Å². The van der Waals surface area contributed by atoms with Crippen molar-refractivity contribution >= 4 is 46.2 Å². The van der Waals surface area contributed by atoms with Gasteiger partial charge in [0.1, 0.15) is 6.61 Å². The zero-order chi connectivity index (χ0) is 23.9. The van der Waals surface area contributed by atoms with Gasteiger partial charge in [0.25, 0.3) is 0 Å². The summed E-state index contributed by atoms with van der Waals surface area (Å²) in [5, 5.41) is 5.43. The van der Waals surface area contributed by atoms with Crippen molar-refractivity contribution in [2.45, 2.75) is 39.3 Å². The largest absolute Gasteiger partial charge is 0.490 e. The molecule has 1 aliphatic rings. The summed E-state index contributed by atoms with van der Waals surface area (Å²) in [6.07, 6.45) is 3.76. The molecule has 1 aliphatic heterocycles. The average Bonchev–Trinajstić information content (AvgIpc) is 2.84. The topological polar surface area (TPSA) is 33.7 Å². The van der Waals surface area contributed by atoms with Crippen LogP contribution in [0, 0.1) is 0 Å². The molecule has 180 valence electrons. The molecule has 0 atom stereocenters. The summed E-state index contributed by atoms with van der Waals surface area (Å²) in [4.78, 5) is 2.37. The lowest BCUT2D eigenvalue weighted by Gasteiger charge is -2.29. The fourth-order valence-electron chi connectivity index (χ4n) is 4.06. The zero-order valence-electron chi connectivity index (χ0n) is 19.3. The molecule has 1 heterocycles. The van der Waals surface area contributed by atoms with Gasteiger partial charge in [0.15, 0.2) is 11.5 Å². The van der Waals surface area contributed by atoms with E-state index in [1.165, 1.54) is 19.3 Å². The monoisotopic (exact) mass is 518 g/mol. The maximum absolute atomic E-state index is 6.60. The van der Waals surface area contributed by atoms with E-state index in [1.807, 2.05) is 37.3 Å². The number of hydrogen-bond acceptors (Lipinski definition) is 4. The molecule has 1 N–H and O–H groups in total. The predicted octanol–water partition coefficient (Wildman–Crippen LogP) is 8.23. The Balaban J connectivity index is 1.40. The van der Waals surface area contributed by atoms with Crippen LogP contribution < -0.4 is 19.7 Å². The van der Waals surface area contributed by atoms with E-state index in [0.717, 1.165) is 40.6 Å². The molecule has 0 aliphatic carbocycles. The molecule has 4 nitrogen and oxygen atoms in total. The Morgan fingerprint density at radius 2 is 1.65 bits per heavy atom. The fraction of sp³-hybridized carbons (Fsp3) is 0.333. The highest BCUT2D eigenvalue weighted by atomic mass is 35.5. The Kier molecular flexibility index (Phi) is 8.71. The first kappa shape index (κ1) is 24.8. The normalized spacial score (nSPS) is 13.6. The number of hydrogen-bond donors (Lipinski definition) is 1. The van der Waals surface area contributed by atoms with Crippen LogP contribution in [0.2, 0.25) is 15.1 Å². The number of piperidine rings is 1. The molecule has 4 rings (SSSR count). The number of ether oxygens (including phenoxy) is 2. The average molecular weight is 520 g/mol. The van der Waals surface area contributed by atoms with Crippen molar-refractivity contribution in [3.8, 4) is 11.5 Å². The minimum atomic E-state index is 0.329. The van der Waals surface area contributed by atoms with Crippen LogP contribution >= 0.6 is 34.8 Å². The van der Waals surface area contributed by atoms with Gasteiger partial charge in [-0.1, -0.05) is 46.9 Å². The Labute approximate surface area is 216 Å². The first-order valence-electron chi connectivity index (χ1n) is 11.6. The molecule has 0 unspecified atom stereocenters. The Morgan fingerprint density at radius 1 is 0.824 bits per heavy atom. The van der Waals surface area contributed by atoms with Gasteiger partial charge in [0, 0.05) is 40.9 Å². The first-order chi connectivity index (χ1) is 16.5. The van der Waals surface area contributed by atoms with Crippen LogP contribution in [0.3, 0.4) is 0 Å². The third kappa shape index (κ3) is 6.44. The second kappa shape index (κ2) is 11.9. The zero-order valence-corrected chi connectivity index (χ0v) is 21.5. The van der Waals surface area contributed by atoms with Gasteiger partial charge in [0.05, 0.1) is 17.3 Å². The number of rotatable bonds is 9. The molecule has 1 saturated heterocycles. The second-order valence-electron chi connectivity index (χ2n) is 8.31. The molecular weight excluding hydrogens is 491 g/mol. The number of nitrogens with one attached hydrogen (secondary N) is 1. The van der Waals surface area contributed by atoms with Gasteiger partial charge >= 0.3 is 0 Å². The lowest BCUT2D eigenvalue weighted by Crippen LogP contribution is -2.29. The summed E-state index contributed by atoms with van der Waals surface area (Å²) in [5.74, 6) is 1.37. The van der Waals surface area contributed by atoms with Crippen LogP contribution in [-0.4, -0.2) is 19.7 Å². The van der Waals surface area contributed by atoms with E-state index in [0.29, 0.717) is 41.3 Å². The molecule has 34 heavy (non-hydrogen) atoms. The van der Waals surface area contributed by atoms with E-state index in [2.05, 4.69) is 22.3 Å². The van der Waals surface area contributed by atoms with Crippen molar-refractivity contribution in [1.82, 2.24) is 0 Å². The first-order valence-corrected chi connectivity index (χ1v) is 12.8. The Morgan fingerprint density at radius 3 is 2.38 bits per heavy atom. The van der Waals surface area contributed by atoms with E-state index in [1.54, 1.807) is 12.1 Å². The highest BCUT2D eigenvalue weighted by Gasteiger charge is 2.14. The summed E-state index contributed by atoms with van der Waals surface area (Å²) in [6, 6.07) is 17.5. The Hall–Kier alpha value is -2.27. The molecule has 0 amide bonds. The van der Waals surface area contributed by atoms with Crippen molar-refractivity contribution in [2.24, 2.45) is 0 Å². The molecule has 0 saturated carbocycles. The van der Waals surface area contributed by atoms with Gasteiger partial charge in [-0.05, 0) is 74.2 Å². The van der Waals surface area contributed by atoms with Crippen molar-refractivity contribution in [1.29, 1.82) is 0 Å². The van der Waals surface area contributed by atoms with Crippen LogP contribution in [0.4, 0.5) is 11.4 Å². The van der Waals surface area contributed by atoms with Gasteiger partial charge in [-0.25, -0.2) is 0 Å².